The van der Waals surface area contributed by atoms with Crippen LogP contribution in [0.1, 0.15) is 133 Å². The van der Waals surface area contributed by atoms with Crippen molar-refractivity contribution >= 4 is 39.4 Å². The maximum Gasteiger partial charge on any atom is 0.354 e. The van der Waals surface area contributed by atoms with Gasteiger partial charge in [0.05, 0.1) is 16.6 Å². The summed E-state index contributed by atoms with van der Waals surface area (Å²) in [6.45, 7) is 13.0. The molecule has 13 rings (SSSR count). The average molecular weight is 835 g/mol. The van der Waals surface area contributed by atoms with Crippen molar-refractivity contribution in [3.05, 3.63) is 160 Å². The van der Waals surface area contributed by atoms with Gasteiger partial charge < -0.3 is 0 Å². The fraction of sp³-hybridized carbons (Fsp3) is 0.317. The van der Waals surface area contributed by atoms with Gasteiger partial charge in [-0.3, -0.25) is 14.1 Å². The second-order valence-electron chi connectivity index (χ2n) is 20.4. The fourth-order valence-electron chi connectivity index (χ4n) is 13.9. The molecule has 318 valence electrons. The van der Waals surface area contributed by atoms with Crippen molar-refractivity contribution in [2.45, 2.75) is 122 Å². The molecule has 0 saturated heterocycles. The Bertz CT molecular complexity index is 3220. The fourth-order valence-corrected chi connectivity index (χ4v) is 13.9. The van der Waals surface area contributed by atoms with Gasteiger partial charge in [-0.05, 0) is 161 Å². The van der Waals surface area contributed by atoms with Crippen LogP contribution >= 0.6 is 0 Å². The van der Waals surface area contributed by atoms with Crippen LogP contribution in [0.25, 0.3) is 71.9 Å². The molecule has 7 aromatic carbocycles. The summed E-state index contributed by atoms with van der Waals surface area (Å²) < 4.78 is 4.58. The topological polar surface area (TPSA) is 26.9 Å². The van der Waals surface area contributed by atoms with Gasteiger partial charge in [0, 0.05) is 0 Å². The van der Waals surface area contributed by atoms with Gasteiger partial charge in [0.25, 0.3) is 5.56 Å². The van der Waals surface area contributed by atoms with Gasteiger partial charge >= 0.3 is 6.85 Å². The zero-order valence-corrected chi connectivity index (χ0v) is 38.5. The largest absolute Gasteiger partial charge is 0.354 e. The molecule has 2 fully saturated rings. The van der Waals surface area contributed by atoms with E-state index in [9.17, 15) is 0 Å². The minimum absolute atomic E-state index is 0.148. The van der Waals surface area contributed by atoms with Crippen LogP contribution in [0.15, 0.2) is 132 Å². The summed E-state index contributed by atoms with van der Waals surface area (Å²) in [6, 6.07) is 48.1. The van der Waals surface area contributed by atoms with E-state index in [1.807, 2.05) is 13.8 Å². The minimum Gasteiger partial charge on any atom is -0.281 e. The van der Waals surface area contributed by atoms with Gasteiger partial charge in [-0.15, -0.1) is 0 Å². The molecule has 2 saturated carbocycles. The van der Waals surface area contributed by atoms with Crippen LogP contribution in [0.5, 0.6) is 0 Å². The summed E-state index contributed by atoms with van der Waals surface area (Å²) in [7, 11) is 0. The number of rotatable bonds is 5. The van der Waals surface area contributed by atoms with Gasteiger partial charge in [-0.2, -0.15) is 0 Å². The Kier molecular flexibility index (Phi) is 9.04. The van der Waals surface area contributed by atoms with Crippen molar-refractivity contribution in [3.8, 4) is 50.2 Å². The summed E-state index contributed by atoms with van der Waals surface area (Å²) in [5.74, 6) is 0.749. The molecular formula is C60H59BN2O. The van der Waals surface area contributed by atoms with Gasteiger partial charge in [0.15, 0.2) is 0 Å². The Morgan fingerprint density at radius 1 is 0.547 bits per heavy atom. The molecular weight excluding hydrogens is 775 g/mol. The molecule has 0 unspecified atom stereocenters. The Balaban J connectivity index is 0.00000214. The lowest BCUT2D eigenvalue weighted by molar-refractivity contribution is 0.324. The van der Waals surface area contributed by atoms with Crippen molar-refractivity contribution in [3.63, 3.8) is 0 Å². The predicted molar refractivity (Wildman–Crippen MR) is 272 cm³/mol. The van der Waals surface area contributed by atoms with E-state index in [1.54, 1.807) is 5.56 Å². The molecule has 0 radical (unpaired) electrons. The first-order valence-electron chi connectivity index (χ1n) is 24.6. The van der Waals surface area contributed by atoms with Crippen LogP contribution in [0.2, 0.25) is 0 Å². The van der Waals surface area contributed by atoms with Gasteiger partial charge in [-0.1, -0.05) is 176 Å². The molecule has 8 aromatic rings. The Morgan fingerprint density at radius 3 is 1.72 bits per heavy atom. The molecule has 4 heteroatoms. The standard InChI is InChI=1S/C58H53BN2O.C2H6/c1-35(2)40-20-15-21-41(36(3)4)52(40)39-22-23-44-49(30-39)59-55-51(32-45-42(37-16-7-5-8-17-37)24-25-43(53(45)54(44)55)38-18-9-6-10-19-38)60-50-33-48-47(31-46(50)56(62)61(59)60)57(26-11-12-27-57)34-58(48)28-13-14-29-58;1-2/h5-10,15-25,30-33,35-36H,11-14,26-29,34H2,1-4H3;1-2H3. The predicted octanol–water partition coefficient (Wildman–Crippen LogP) is 14.2. The quantitative estimate of drug-likeness (QED) is 0.159. The highest BCUT2D eigenvalue weighted by Gasteiger charge is 2.55. The van der Waals surface area contributed by atoms with Crippen molar-refractivity contribution < 1.29 is 0 Å². The van der Waals surface area contributed by atoms with Crippen LogP contribution in [-0.4, -0.2) is 16.1 Å². The van der Waals surface area contributed by atoms with Crippen LogP contribution in [0.4, 0.5) is 0 Å². The first-order valence-corrected chi connectivity index (χ1v) is 24.6. The number of hydrogen-bond donors (Lipinski definition) is 0. The minimum atomic E-state index is -0.229. The zero-order valence-electron chi connectivity index (χ0n) is 38.5. The number of fused-ring (bicyclic) bond motifs is 13. The van der Waals surface area contributed by atoms with Crippen molar-refractivity contribution in [1.82, 2.24) is 9.27 Å². The molecule has 0 atom stereocenters. The smallest absolute Gasteiger partial charge is 0.281 e. The molecule has 0 amide bonds. The first-order chi connectivity index (χ1) is 31.3. The molecule has 3 aliphatic carbocycles. The highest BCUT2D eigenvalue weighted by atomic mass is 16.1. The van der Waals surface area contributed by atoms with E-state index in [0.29, 0.717) is 11.8 Å². The van der Waals surface area contributed by atoms with E-state index in [4.69, 9.17) is 0 Å². The summed E-state index contributed by atoms with van der Waals surface area (Å²) in [5, 5.41) is 3.40. The monoisotopic (exact) mass is 834 g/mol. The van der Waals surface area contributed by atoms with Crippen molar-refractivity contribution in [2.75, 3.05) is 0 Å². The molecule has 64 heavy (non-hydrogen) atoms. The normalized spacial score (nSPS) is 16.9. The van der Waals surface area contributed by atoms with Gasteiger partial charge in [0.2, 0.25) is 0 Å². The molecule has 2 aliphatic heterocycles. The second kappa shape index (κ2) is 14.6. The van der Waals surface area contributed by atoms with Gasteiger partial charge in [0.1, 0.15) is 0 Å². The number of hydrogen-bond acceptors (Lipinski definition) is 1. The molecule has 0 bridgehead atoms. The molecule has 3 nitrogen and oxygen atoms in total. The highest BCUT2D eigenvalue weighted by molar-refractivity contribution is 6.90. The summed E-state index contributed by atoms with van der Waals surface area (Å²) in [4.78, 5) is 15.7. The lowest BCUT2D eigenvalue weighted by atomic mass is 9.54. The molecule has 2 spiro atoms. The van der Waals surface area contributed by atoms with E-state index in [0.717, 1.165) is 16.6 Å². The molecule has 1 aromatic heterocycles. The molecule has 5 aliphatic rings. The Labute approximate surface area is 379 Å². The lowest BCUT2D eigenvalue weighted by Crippen LogP contribution is -2.47. The van der Waals surface area contributed by atoms with E-state index < -0.39 is 0 Å². The van der Waals surface area contributed by atoms with Crippen LogP contribution in [-0.2, 0) is 10.8 Å². The van der Waals surface area contributed by atoms with Crippen molar-refractivity contribution in [2.24, 2.45) is 0 Å². The maximum absolute atomic E-state index is 15.7. The third-order valence-electron chi connectivity index (χ3n) is 16.5. The molecule has 0 N–H and O–H groups in total. The molecule has 3 heterocycles. The number of aromatic nitrogens is 2. The number of nitrogens with zero attached hydrogens (tertiary/aromatic N) is 2. The van der Waals surface area contributed by atoms with E-state index in [-0.39, 0.29) is 23.2 Å². The third kappa shape index (κ3) is 5.38. The van der Waals surface area contributed by atoms with Crippen LogP contribution in [0, 0.1) is 0 Å². The SMILES string of the molecule is CC.CC(C)c1cccc(C(C)C)c1-c1ccc2c(c1)B1c3c(cc4c(-c5ccccc5)ccc(-c5ccccc5)c4c3-2)-n2c3cc4c(cc3c(=O)n21)C1(CCCC1)CC41CCCC1. The van der Waals surface area contributed by atoms with E-state index >= 15 is 4.79 Å². The second-order valence-corrected chi connectivity index (χ2v) is 20.4. The summed E-state index contributed by atoms with van der Waals surface area (Å²) >= 11 is 0. The number of benzene rings is 7. The summed E-state index contributed by atoms with van der Waals surface area (Å²) in [6.07, 6.45) is 11.6. The lowest BCUT2D eigenvalue weighted by Gasteiger charge is -2.29. The van der Waals surface area contributed by atoms with Crippen LogP contribution in [0.3, 0.4) is 0 Å². The highest BCUT2D eigenvalue weighted by Crippen LogP contribution is 2.62. The van der Waals surface area contributed by atoms with Crippen molar-refractivity contribution in [1.29, 1.82) is 0 Å². The average Bonchev–Trinajstić information content (AvgIpc) is 4.20. The van der Waals surface area contributed by atoms with Crippen LogP contribution < -0.4 is 16.5 Å². The summed E-state index contributed by atoms with van der Waals surface area (Å²) in [5.41, 5.74) is 21.2. The Morgan fingerprint density at radius 2 is 1.11 bits per heavy atom. The van der Waals surface area contributed by atoms with Gasteiger partial charge in [-0.25, -0.2) is 0 Å². The first kappa shape index (κ1) is 39.7. The Hall–Kier alpha value is -5.87. The third-order valence-corrected chi connectivity index (χ3v) is 16.5. The zero-order chi connectivity index (χ0) is 43.6. The van der Waals surface area contributed by atoms with E-state index in [1.165, 1.54) is 141 Å². The maximum atomic E-state index is 15.7. The van der Waals surface area contributed by atoms with E-state index in [2.05, 4.69) is 164 Å².